The fraction of sp³-hybridized carbons (Fsp3) is 0.974. The van der Waals surface area contributed by atoms with Crippen LogP contribution in [0.5, 0.6) is 0 Å². The van der Waals surface area contributed by atoms with Crippen LogP contribution in [0.2, 0.25) is 0 Å². The van der Waals surface area contributed by atoms with E-state index in [1.807, 2.05) is 6.92 Å². The molecule has 47 heavy (non-hydrogen) atoms. The van der Waals surface area contributed by atoms with Crippen LogP contribution in [0.3, 0.4) is 0 Å². The average Bonchev–Trinajstić information content (AvgIpc) is 3.22. The number of aliphatic hydroxyl groups is 1. The molecule has 0 radical (unpaired) electrons. The number of carbonyl (C=O) groups is 1. The van der Waals surface area contributed by atoms with Gasteiger partial charge in [-0.1, -0.05) is 34.6 Å². The van der Waals surface area contributed by atoms with Crippen LogP contribution in [0.1, 0.15) is 131 Å². The minimum absolute atomic E-state index is 0.118. The van der Waals surface area contributed by atoms with Crippen molar-refractivity contribution in [3.8, 4) is 0 Å². The first kappa shape index (κ1) is 33.4. The molecule has 5 aliphatic carbocycles. The van der Waals surface area contributed by atoms with Crippen LogP contribution in [0, 0.1) is 70.0 Å². The van der Waals surface area contributed by atoms with Gasteiger partial charge in [0.25, 0.3) is 0 Å². The van der Waals surface area contributed by atoms with Crippen LogP contribution in [0.15, 0.2) is 0 Å². The molecule has 266 valence electrons. The van der Waals surface area contributed by atoms with Gasteiger partial charge in [0.05, 0.1) is 12.2 Å². The van der Waals surface area contributed by atoms with Gasteiger partial charge in [0.2, 0.25) is 5.79 Å². The van der Waals surface area contributed by atoms with Crippen LogP contribution in [0.4, 0.5) is 0 Å². The van der Waals surface area contributed by atoms with E-state index in [4.69, 9.17) is 24.0 Å². The maximum absolute atomic E-state index is 11.9. The molecule has 9 rings (SSSR count). The van der Waals surface area contributed by atoms with Gasteiger partial charge in [0.15, 0.2) is 18.2 Å². The third-order valence-electron chi connectivity index (χ3n) is 16.6. The summed E-state index contributed by atoms with van der Waals surface area (Å²) >= 11 is 0. The lowest BCUT2D eigenvalue weighted by atomic mass is 9.43. The summed E-state index contributed by atoms with van der Waals surface area (Å²) in [6, 6.07) is 0. The molecule has 0 aromatic rings. The van der Waals surface area contributed by atoms with Crippen molar-refractivity contribution in [2.45, 2.75) is 168 Å². The standard InChI is InChI=1S/C39H62O8/c1-21(8-12-32(41)42)26-10-11-29-33-30(14-17-37(26,29)5)36(4)16-13-25(19-24(36)20-31(33)40)43-34-23(3)28-9-7-22(2)27-15-18-38(6)45-35(44-34)39(27,28)47-46-38/h21-31,33-35,40H,7-20H2,1-6H3,(H,41,42)/t21-,22-,23-,24?,25-,26-,27?,28?,29?,30?,31?,33?,34?,35?,36+,37-,38-,39-/m1/s1. The molecule has 0 aromatic carbocycles. The second kappa shape index (κ2) is 11.6. The van der Waals surface area contributed by atoms with E-state index in [9.17, 15) is 15.0 Å². The summed E-state index contributed by atoms with van der Waals surface area (Å²) in [5, 5.41) is 21.3. The summed E-state index contributed by atoms with van der Waals surface area (Å²) in [6.45, 7) is 13.9. The number of rotatable bonds is 6. The summed E-state index contributed by atoms with van der Waals surface area (Å²) < 4.78 is 20.4. The van der Waals surface area contributed by atoms with E-state index in [2.05, 4.69) is 34.6 Å². The largest absolute Gasteiger partial charge is 0.481 e. The molecular formula is C39H62O8. The predicted octanol–water partition coefficient (Wildman–Crippen LogP) is 7.71. The Labute approximate surface area is 282 Å². The maximum Gasteiger partial charge on any atom is 0.303 e. The lowest BCUT2D eigenvalue weighted by Crippen LogP contribution is -2.70. The minimum Gasteiger partial charge on any atom is -0.481 e. The van der Waals surface area contributed by atoms with E-state index in [1.165, 1.54) is 32.1 Å². The van der Waals surface area contributed by atoms with Gasteiger partial charge in [0, 0.05) is 24.7 Å². The van der Waals surface area contributed by atoms with Crippen LogP contribution in [0.25, 0.3) is 0 Å². The molecule has 1 spiro atoms. The highest BCUT2D eigenvalue weighted by Gasteiger charge is 2.70. The smallest absolute Gasteiger partial charge is 0.303 e. The fourth-order valence-corrected chi connectivity index (χ4v) is 14.1. The van der Waals surface area contributed by atoms with E-state index in [0.29, 0.717) is 47.3 Å². The van der Waals surface area contributed by atoms with Crippen molar-refractivity contribution < 1.29 is 39.0 Å². The first-order valence-electron chi connectivity index (χ1n) is 19.5. The van der Waals surface area contributed by atoms with Crippen LogP contribution >= 0.6 is 0 Å². The number of fused-ring (bicyclic) bond motifs is 7. The molecule has 4 aliphatic heterocycles. The van der Waals surface area contributed by atoms with Gasteiger partial charge in [-0.2, -0.15) is 0 Å². The molecule has 8 heteroatoms. The zero-order chi connectivity index (χ0) is 33.1. The van der Waals surface area contributed by atoms with Crippen LogP contribution in [-0.2, 0) is 28.8 Å². The number of ether oxygens (including phenoxy) is 3. The molecule has 2 bridgehead atoms. The van der Waals surface area contributed by atoms with E-state index < -0.39 is 23.6 Å². The Kier molecular flexibility index (Phi) is 8.26. The third-order valence-corrected chi connectivity index (χ3v) is 16.6. The Balaban J connectivity index is 0.961. The minimum atomic E-state index is -0.782. The van der Waals surface area contributed by atoms with Gasteiger partial charge in [-0.3, -0.25) is 4.79 Å². The van der Waals surface area contributed by atoms with E-state index in [0.717, 1.165) is 51.4 Å². The second-order valence-electron chi connectivity index (χ2n) is 18.7. The van der Waals surface area contributed by atoms with Crippen LogP contribution in [-0.4, -0.2) is 52.4 Å². The summed E-state index contributed by atoms with van der Waals surface area (Å²) in [5.41, 5.74) is -0.142. The number of carboxylic acid groups (broad SMARTS) is 1. The Morgan fingerprint density at radius 2 is 1.60 bits per heavy atom. The monoisotopic (exact) mass is 658 g/mol. The third kappa shape index (κ3) is 4.98. The first-order valence-corrected chi connectivity index (χ1v) is 19.5. The predicted molar refractivity (Wildman–Crippen MR) is 174 cm³/mol. The number of hydrogen-bond donors (Lipinski definition) is 2. The molecule has 4 saturated heterocycles. The molecule has 0 aromatic heterocycles. The number of aliphatic hydroxyl groups excluding tert-OH is 1. The van der Waals surface area contributed by atoms with Crippen molar-refractivity contribution in [2.24, 2.45) is 70.0 Å². The molecule has 8 nitrogen and oxygen atoms in total. The lowest BCUT2D eigenvalue weighted by Gasteiger charge is -2.63. The molecule has 5 saturated carbocycles. The van der Waals surface area contributed by atoms with Gasteiger partial charge in [-0.25, -0.2) is 9.78 Å². The molecule has 0 amide bonds. The van der Waals surface area contributed by atoms with Crippen LogP contribution < -0.4 is 0 Å². The van der Waals surface area contributed by atoms with Crippen molar-refractivity contribution >= 4 is 5.97 Å². The summed E-state index contributed by atoms with van der Waals surface area (Å²) in [5.74, 6) is 2.72. The van der Waals surface area contributed by atoms with Crippen molar-refractivity contribution in [3.63, 3.8) is 0 Å². The molecule has 9 fully saturated rings. The van der Waals surface area contributed by atoms with Gasteiger partial charge >= 0.3 is 5.97 Å². The first-order chi connectivity index (χ1) is 22.3. The zero-order valence-electron chi connectivity index (χ0n) is 29.8. The second-order valence-corrected chi connectivity index (χ2v) is 18.7. The molecule has 18 atom stereocenters. The van der Waals surface area contributed by atoms with Gasteiger partial charge < -0.3 is 24.4 Å². The highest BCUT2D eigenvalue weighted by atomic mass is 17.3. The van der Waals surface area contributed by atoms with E-state index in [-0.39, 0.29) is 47.6 Å². The van der Waals surface area contributed by atoms with Gasteiger partial charge in [-0.15, -0.1) is 0 Å². The quantitative estimate of drug-likeness (QED) is 0.221. The van der Waals surface area contributed by atoms with E-state index >= 15 is 0 Å². The van der Waals surface area contributed by atoms with E-state index in [1.54, 1.807) is 0 Å². The molecular weight excluding hydrogens is 596 g/mol. The molecule has 2 N–H and O–H groups in total. The molecule has 4 heterocycles. The SMILES string of the molecule is C[C@H]1C(O[C@@H]2CC[C@@]3(C)C(CC(O)C4C3CC[C@@]3(C)C4CC[C@@H]3[C@H](C)CCC(=O)O)C2)OC2O[C@@]3(C)CCC4[C@H](C)CCC1[C@@]24OO3. The number of aliphatic carboxylic acids is 1. The van der Waals surface area contributed by atoms with Gasteiger partial charge in [-0.05, 0) is 142 Å². The summed E-state index contributed by atoms with van der Waals surface area (Å²) in [4.78, 5) is 23.7. The van der Waals surface area contributed by atoms with Crippen molar-refractivity contribution in [1.29, 1.82) is 0 Å². The summed E-state index contributed by atoms with van der Waals surface area (Å²) in [6.07, 6.45) is 12.9. The topological polar surface area (TPSA) is 104 Å². The lowest BCUT2D eigenvalue weighted by molar-refractivity contribution is -0.578. The Hall–Kier alpha value is -0.770. The highest BCUT2D eigenvalue weighted by Crippen LogP contribution is 2.69. The van der Waals surface area contributed by atoms with Crippen molar-refractivity contribution in [1.82, 2.24) is 0 Å². The summed E-state index contributed by atoms with van der Waals surface area (Å²) in [7, 11) is 0. The normalized spacial score (nSPS) is 57.2. The van der Waals surface area contributed by atoms with Gasteiger partial charge in [0.1, 0.15) is 0 Å². The number of hydrogen-bond acceptors (Lipinski definition) is 7. The van der Waals surface area contributed by atoms with Crippen molar-refractivity contribution in [3.05, 3.63) is 0 Å². The Morgan fingerprint density at radius 3 is 2.38 bits per heavy atom. The Morgan fingerprint density at radius 1 is 0.872 bits per heavy atom. The maximum atomic E-state index is 11.9. The average molecular weight is 659 g/mol. The fourth-order valence-electron chi connectivity index (χ4n) is 14.1. The molecule has 9 aliphatic rings. The molecule has 9 unspecified atom stereocenters. The zero-order valence-corrected chi connectivity index (χ0v) is 29.8. The highest BCUT2D eigenvalue weighted by molar-refractivity contribution is 5.66. The Bertz CT molecular complexity index is 1210. The number of carboxylic acids is 1. The van der Waals surface area contributed by atoms with Crippen molar-refractivity contribution in [2.75, 3.05) is 0 Å².